The van der Waals surface area contributed by atoms with Gasteiger partial charge in [0.15, 0.2) is 17.3 Å². The molecule has 0 bridgehead atoms. The second kappa shape index (κ2) is 8.85. The van der Waals surface area contributed by atoms with Crippen LogP contribution in [0.4, 0.5) is 0 Å². The van der Waals surface area contributed by atoms with Gasteiger partial charge in [0.05, 0.1) is 48.0 Å². The van der Waals surface area contributed by atoms with Gasteiger partial charge in [0.2, 0.25) is 5.78 Å². The van der Waals surface area contributed by atoms with Gasteiger partial charge in [-0.25, -0.2) is 4.98 Å². The van der Waals surface area contributed by atoms with E-state index in [-0.39, 0.29) is 18.7 Å². The van der Waals surface area contributed by atoms with Gasteiger partial charge in [0.25, 0.3) is 5.91 Å². The fraction of sp³-hybridized carbons (Fsp3) is 0.381. The quantitative estimate of drug-likeness (QED) is 0.640. The molecule has 1 aliphatic heterocycles. The Labute approximate surface area is 178 Å². The van der Waals surface area contributed by atoms with Crippen LogP contribution in [-0.2, 0) is 9.53 Å². The number of thiazole rings is 1. The Morgan fingerprint density at radius 2 is 1.97 bits per heavy atom. The number of hydrogen-bond acceptors (Lipinski definition) is 8. The first kappa shape index (κ1) is 21.8. The second-order valence-corrected chi connectivity index (χ2v) is 7.92. The summed E-state index contributed by atoms with van der Waals surface area (Å²) >= 11 is 1.23. The van der Waals surface area contributed by atoms with Crippen molar-refractivity contribution in [3.05, 3.63) is 50.7 Å². The monoisotopic (exact) mass is 432 g/mol. The molecule has 1 unspecified atom stereocenters. The molecule has 0 spiro atoms. The molecule has 8 nitrogen and oxygen atoms in total. The number of aromatic nitrogens is 1. The fourth-order valence-corrected chi connectivity index (χ4v) is 4.49. The van der Waals surface area contributed by atoms with Crippen molar-refractivity contribution in [3.63, 3.8) is 0 Å². The highest BCUT2D eigenvalue weighted by atomic mass is 32.1. The average molecular weight is 432 g/mol. The van der Waals surface area contributed by atoms with Crippen LogP contribution < -0.4 is 9.47 Å². The van der Waals surface area contributed by atoms with E-state index in [2.05, 4.69) is 4.98 Å². The molecule has 0 saturated heterocycles. The van der Waals surface area contributed by atoms with Crippen molar-refractivity contribution < 1.29 is 28.9 Å². The van der Waals surface area contributed by atoms with Crippen LogP contribution in [0.3, 0.4) is 0 Å². The topological polar surface area (TPSA) is 98.2 Å². The zero-order chi connectivity index (χ0) is 22.0. The van der Waals surface area contributed by atoms with Gasteiger partial charge in [-0.05, 0) is 19.9 Å². The number of hydrogen-bond donors (Lipinski definition) is 1. The maximum atomic E-state index is 13.5. The number of benzene rings is 1. The van der Waals surface area contributed by atoms with Gasteiger partial charge in [0, 0.05) is 19.2 Å². The Morgan fingerprint density at radius 1 is 1.23 bits per heavy atom. The highest BCUT2D eigenvalue weighted by molar-refractivity contribution is 7.14. The summed E-state index contributed by atoms with van der Waals surface area (Å²) in [5.41, 5.74) is 1.09. The average Bonchev–Trinajstić information content (AvgIpc) is 3.20. The summed E-state index contributed by atoms with van der Waals surface area (Å²) in [7, 11) is 4.51. The number of methoxy groups -OCH3 is 3. The molecule has 160 valence electrons. The summed E-state index contributed by atoms with van der Waals surface area (Å²) < 4.78 is 16.1. The number of ketones is 1. The number of aryl methyl sites for hydroxylation is 2. The Morgan fingerprint density at radius 3 is 2.53 bits per heavy atom. The Hall–Kier alpha value is -2.91. The number of amides is 1. The van der Waals surface area contributed by atoms with Gasteiger partial charge in [-0.3, -0.25) is 9.59 Å². The summed E-state index contributed by atoms with van der Waals surface area (Å²) in [6.45, 7) is 3.95. The number of ether oxygens (including phenoxy) is 3. The minimum Gasteiger partial charge on any atom is -0.503 e. The summed E-state index contributed by atoms with van der Waals surface area (Å²) in [6.07, 6.45) is 0. The van der Waals surface area contributed by atoms with Crippen LogP contribution in [0.1, 0.15) is 32.0 Å². The van der Waals surface area contributed by atoms with E-state index in [0.717, 1.165) is 5.01 Å². The van der Waals surface area contributed by atoms with E-state index in [0.29, 0.717) is 27.6 Å². The van der Waals surface area contributed by atoms with Crippen molar-refractivity contribution in [3.8, 4) is 11.5 Å². The van der Waals surface area contributed by atoms with Gasteiger partial charge in [-0.2, -0.15) is 0 Å². The molecule has 3 rings (SSSR count). The molecule has 1 aromatic heterocycles. The molecule has 9 heteroatoms. The molecule has 1 amide bonds. The summed E-state index contributed by atoms with van der Waals surface area (Å²) in [4.78, 5) is 32.5. The molecule has 0 saturated carbocycles. The van der Waals surface area contributed by atoms with Crippen molar-refractivity contribution >= 4 is 23.0 Å². The third-order valence-electron chi connectivity index (χ3n) is 4.92. The Kier molecular flexibility index (Phi) is 6.42. The normalized spacial score (nSPS) is 16.4. The van der Waals surface area contributed by atoms with Crippen molar-refractivity contribution in [2.24, 2.45) is 0 Å². The lowest BCUT2D eigenvalue weighted by Gasteiger charge is -2.28. The highest BCUT2D eigenvalue weighted by Crippen LogP contribution is 2.45. The Balaban J connectivity index is 2.20. The van der Waals surface area contributed by atoms with Crippen LogP contribution in [0, 0.1) is 13.8 Å². The van der Waals surface area contributed by atoms with E-state index in [1.54, 1.807) is 32.0 Å². The first-order chi connectivity index (χ1) is 14.3. The second-order valence-electron chi connectivity index (χ2n) is 6.72. The van der Waals surface area contributed by atoms with Crippen LogP contribution in [-0.4, -0.2) is 61.2 Å². The number of carbonyl (C=O) groups is 2. The van der Waals surface area contributed by atoms with Crippen molar-refractivity contribution in [2.45, 2.75) is 19.9 Å². The van der Waals surface area contributed by atoms with Gasteiger partial charge >= 0.3 is 0 Å². The number of carbonyl (C=O) groups excluding carboxylic acids is 2. The number of para-hydroxylation sites is 1. The Bertz CT molecular complexity index is 1010. The number of aliphatic hydroxyl groups excluding tert-OH is 1. The van der Waals surface area contributed by atoms with E-state index >= 15 is 0 Å². The molecule has 1 aromatic carbocycles. The van der Waals surface area contributed by atoms with E-state index in [9.17, 15) is 14.7 Å². The van der Waals surface area contributed by atoms with Gasteiger partial charge in [-0.15, -0.1) is 11.3 Å². The molecular weight excluding hydrogens is 408 g/mol. The molecule has 0 radical (unpaired) electrons. The molecule has 1 atom stereocenters. The number of rotatable bonds is 8. The molecule has 2 aromatic rings. The van der Waals surface area contributed by atoms with Gasteiger partial charge < -0.3 is 24.2 Å². The molecule has 0 aliphatic carbocycles. The third-order valence-corrected chi connectivity index (χ3v) is 5.99. The standard InChI is InChI=1S/C21H24N2O6S/c1-11-20(30-12(2)22-11)17(24)15-16(23(9-10-27-3)21(26)18(15)25)13-7-6-8-14(28-4)19(13)29-5/h6-8,16,25H,9-10H2,1-5H3. The van der Waals surface area contributed by atoms with Crippen LogP contribution >= 0.6 is 11.3 Å². The number of Topliss-reactive ketones (excluding diaryl/α,β-unsaturated/α-hetero) is 1. The lowest BCUT2D eigenvalue weighted by Crippen LogP contribution is -2.34. The maximum absolute atomic E-state index is 13.5. The fourth-order valence-electron chi connectivity index (χ4n) is 3.62. The summed E-state index contributed by atoms with van der Waals surface area (Å²) in [6, 6.07) is 4.36. The summed E-state index contributed by atoms with van der Waals surface area (Å²) in [5.74, 6) is -0.797. The minimum absolute atomic E-state index is 0.00518. The minimum atomic E-state index is -0.855. The van der Waals surface area contributed by atoms with Crippen molar-refractivity contribution in [1.29, 1.82) is 0 Å². The number of aliphatic hydroxyl groups is 1. The van der Waals surface area contributed by atoms with Crippen LogP contribution in [0.25, 0.3) is 0 Å². The smallest absolute Gasteiger partial charge is 0.290 e. The lowest BCUT2D eigenvalue weighted by atomic mass is 9.94. The van der Waals surface area contributed by atoms with Gasteiger partial charge in [-0.1, -0.05) is 12.1 Å². The molecule has 0 fully saturated rings. The maximum Gasteiger partial charge on any atom is 0.290 e. The highest BCUT2D eigenvalue weighted by Gasteiger charge is 2.45. The van der Waals surface area contributed by atoms with E-state index in [1.165, 1.54) is 37.6 Å². The first-order valence-electron chi connectivity index (χ1n) is 9.28. The predicted octanol–water partition coefficient (Wildman–Crippen LogP) is 3.00. The lowest BCUT2D eigenvalue weighted by molar-refractivity contribution is -0.130. The van der Waals surface area contributed by atoms with Crippen LogP contribution in [0.15, 0.2) is 29.5 Å². The largest absolute Gasteiger partial charge is 0.503 e. The van der Waals surface area contributed by atoms with Gasteiger partial charge in [0.1, 0.15) is 0 Å². The van der Waals surface area contributed by atoms with E-state index in [1.807, 2.05) is 0 Å². The first-order valence-corrected chi connectivity index (χ1v) is 10.1. The SMILES string of the molecule is COCCN1C(=O)C(O)=C(C(=O)c2sc(C)nc2C)C1c1cccc(OC)c1OC. The third kappa shape index (κ3) is 3.66. The van der Waals surface area contributed by atoms with Crippen LogP contribution in [0.5, 0.6) is 11.5 Å². The molecular formula is C21H24N2O6S. The molecule has 30 heavy (non-hydrogen) atoms. The number of nitrogens with zero attached hydrogens (tertiary/aromatic N) is 2. The zero-order valence-electron chi connectivity index (χ0n) is 17.5. The van der Waals surface area contributed by atoms with Crippen molar-refractivity contribution in [1.82, 2.24) is 9.88 Å². The van der Waals surface area contributed by atoms with E-state index in [4.69, 9.17) is 14.2 Å². The van der Waals surface area contributed by atoms with E-state index < -0.39 is 23.5 Å². The molecule has 1 aliphatic rings. The van der Waals surface area contributed by atoms with Crippen molar-refractivity contribution in [2.75, 3.05) is 34.5 Å². The summed E-state index contributed by atoms with van der Waals surface area (Å²) in [5, 5.41) is 11.4. The van der Waals surface area contributed by atoms with Crippen LogP contribution in [0.2, 0.25) is 0 Å². The molecule has 1 N–H and O–H groups in total. The zero-order valence-corrected chi connectivity index (χ0v) is 18.3. The predicted molar refractivity (Wildman–Crippen MR) is 111 cm³/mol. The molecule has 2 heterocycles.